The lowest BCUT2D eigenvalue weighted by Crippen LogP contribution is -2.47. The second-order valence-electron chi connectivity index (χ2n) is 10.6. The summed E-state index contributed by atoms with van der Waals surface area (Å²) in [6.07, 6.45) is 1.00. The van der Waals surface area contributed by atoms with Gasteiger partial charge in [-0.25, -0.2) is 24.3 Å². The highest BCUT2D eigenvalue weighted by molar-refractivity contribution is 5.93. The standard InChI is InChI=1S/C32H36N4O7/c1-3-41-32(40)35-20-28(23-7-5-4-6-8-23)36(31(35)39)25-15-17-34(18-16-25)19-24-9-14-29(33-22(24)2)43-27-12-10-26(11-13-27)42-21-30(37)38/h4-14,25,28H,3,15-21H2,1-2H3,(H,37,38). The molecule has 43 heavy (non-hydrogen) atoms. The van der Waals surface area contributed by atoms with Crippen molar-refractivity contribution in [3.63, 3.8) is 0 Å². The summed E-state index contributed by atoms with van der Waals surface area (Å²) in [5.74, 6) is 0.435. The molecule has 2 aromatic carbocycles. The van der Waals surface area contributed by atoms with Gasteiger partial charge in [0.05, 0.1) is 19.2 Å². The quantitative estimate of drug-likeness (QED) is 0.339. The lowest BCUT2D eigenvalue weighted by Gasteiger charge is -2.39. The van der Waals surface area contributed by atoms with Gasteiger partial charge in [-0.1, -0.05) is 36.4 Å². The third-order valence-corrected chi connectivity index (χ3v) is 7.74. The fourth-order valence-corrected chi connectivity index (χ4v) is 5.57. The Morgan fingerprint density at radius 3 is 2.33 bits per heavy atom. The number of carboxylic acid groups (broad SMARTS) is 1. The molecule has 0 spiro atoms. The summed E-state index contributed by atoms with van der Waals surface area (Å²) < 4.78 is 16.2. The molecule has 1 unspecified atom stereocenters. The van der Waals surface area contributed by atoms with Crippen LogP contribution in [0, 0.1) is 6.92 Å². The number of aliphatic carboxylic acids is 1. The van der Waals surface area contributed by atoms with E-state index in [0.717, 1.165) is 49.3 Å². The van der Waals surface area contributed by atoms with Crippen LogP contribution in [0.25, 0.3) is 0 Å². The maximum atomic E-state index is 13.4. The number of urea groups is 1. The Morgan fingerprint density at radius 1 is 0.977 bits per heavy atom. The first-order chi connectivity index (χ1) is 20.8. The SMILES string of the molecule is CCOC(=O)N1CC(c2ccccc2)N(C2CCN(Cc3ccc(Oc4ccc(OCC(=O)O)cc4)nc3C)CC2)C1=O. The molecule has 0 radical (unpaired) electrons. The number of ether oxygens (including phenoxy) is 3. The van der Waals surface area contributed by atoms with Gasteiger partial charge in [0.25, 0.3) is 0 Å². The Labute approximate surface area is 250 Å². The largest absolute Gasteiger partial charge is 0.482 e. The van der Waals surface area contributed by atoms with Crippen molar-refractivity contribution in [2.75, 3.05) is 32.8 Å². The van der Waals surface area contributed by atoms with E-state index in [1.54, 1.807) is 31.2 Å². The van der Waals surface area contributed by atoms with Gasteiger partial charge in [-0.3, -0.25) is 4.90 Å². The summed E-state index contributed by atoms with van der Waals surface area (Å²) in [5, 5.41) is 8.74. The van der Waals surface area contributed by atoms with Crippen molar-refractivity contribution in [2.45, 2.75) is 45.3 Å². The molecule has 226 valence electrons. The fraction of sp³-hybridized carbons (Fsp3) is 0.375. The first-order valence-corrected chi connectivity index (χ1v) is 14.4. The molecule has 0 aliphatic carbocycles. The van der Waals surface area contributed by atoms with Gasteiger partial charge in [-0.05, 0) is 62.1 Å². The lowest BCUT2D eigenvalue weighted by atomic mass is 9.98. The number of aromatic nitrogens is 1. The number of imide groups is 1. The molecule has 0 saturated carbocycles. The molecule has 1 N–H and O–H groups in total. The Bertz CT molecular complexity index is 1430. The smallest absolute Gasteiger partial charge is 0.418 e. The zero-order valence-corrected chi connectivity index (χ0v) is 24.3. The number of benzene rings is 2. The number of aryl methyl sites for hydroxylation is 1. The van der Waals surface area contributed by atoms with Crippen LogP contribution < -0.4 is 9.47 Å². The number of hydrogen-bond acceptors (Lipinski definition) is 8. The van der Waals surface area contributed by atoms with Crippen LogP contribution in [0.1, 0.15) is 42.6 Å². The van der Waals surface area contributed by atoms with Gasteiger partial charge in [-0.15, -0.1) is 0 Å². The number of rotatable bonds is 10. The van der Waals surface area contributed by atoms with Crippen LogP contribution in [-0.4, -0.2) is 81.8 Å². The molecule has 1 atom stereocenters. The van der Waals surface area contributed by atoms with Crippen LogP contribution in [0.3, 0.4) is 0 Å². The van der Waals surface area contributed by atoms with E-state index in [4.69, 9.17) is 19.3 Å². The number of nitrogens with zero attached hydrogens (tertiary/aromatic N) is 4. The van der Waals surface area contributed by atoms with E-state index in [-0.39, 0.29) is 31.3 Å². The summed E-state index contributed by atoms with van der Waals surface area (Å²) in [4.78, 5) is 46.8. The molecule has 3 heterocycles. The average Bonchev–Trinajstić information content (AvgIpc) is 3.36. The van der Waals surface area contributed by atoms with E-state index >= 15 is 0 Å². The van der Waals surface area contributed by atoms with E-state index in [1.807, 2.05) is 54.3 Å². The molecule has 3 amide bonds. The highest BCUT2D eigenvalue weighted by Crippen LogP contribution is 2.35. The molecule has 1 aromatic heterocycles. The number of carbonyl (C=O) groups excluding carboxylic acids is 2. The fourth-order valence-electron chi connectivity index (χ4n) is 5.57. The van der Waals surface area contributed by atoms with Crippen LogP contribution in [0.2, 0.25) is 0 Å². The van der Waals surface area contributed by atoms with E-state index in [2.05, 4.69) is 9.88 Å². The van der Waals surface area contributed by atoms with Gasteiger partial charge < -0.3 is 24.2 Å². The minimum absolute atomic E-state index is 0.0179. The number of carbonyl (C=O) groups is 3. The second-order valence-corrected chi connectivity index (χ2v) is 10.6. The number of piperidine rings is 1. The number of pyridine rings is 1. The minimum atomic E-state index is -1.04. The molecule has 2 aliphatic heterocycles. The molecule has 3 aromatic rings. The summed E-state index contributed by atoms with van der Waals surface area (Å²) in [5.41, 5.74) is 2.97. The van der Waals surface area contributed by atoms with Crippen LogP contribution >= 0.6 is 0 Å². The van der Waals surface area contributed by atoms with Gasteiger partial charge in [0.15, 0.2) is 6.61 Å². The van der Waals surface area contributed by atoms with Crippen molar-refractivity contribution >= 4 is 18.1 Å². The first kappa shape index (κ1) is 29.8. The third kappa shape index (κ3) is 7.23. The predicted octanol–water partition coefficient (Wildman–Crippen LogP) is 5.25. The Kier molecular flexibility index (Phi) is 9.41. The molecule has 5 rings (SSSR count). The van der Waals surface area contributed by atoms with Crippen LogP contribution in [-0.2, 0) is 16.1 Å². The van der Waals surface area contributed by atoms with Crippen molar-refractivity contribution in [2.24, 2.45) is 0 Å². The van der Waals surface area contributed by atoms with E-state index in [0.29, 0.717) is 17.4 Å². The number of amides is 3. The zero-order chi connectivity index (χ0) is 30.3. The van der Waals surface area contributed by atoms with E-state index < -0.39 is 18.7 Å². The summed E-state index contributed by atoms with van der Waals surface area (Å²) in [6, 6.07) is 19.9. The number of carboxylic acids is 1. The van der Waals surface area contributed by atoms with Crippen molar-refractivity contribution in [1.29, 1.82) is 0 Å². The number of likely N-dealkylation sites (tertiary alicyclic amines) is 1. The average molecular weight is 589 g/mol. The van der Waals surface area contributed by atoms with Crippen molar-refractivity contribution in [3.05, 3.63) is 83.6 Å². The van der Waals surface area contributed by atoms with Crippen molar-refractivity contribution in [1.82, 2.24) is 19.7 Å². The predicted molar refractivity (Wildman–Crippen MR) is 157 cm³/mol. The maximum absolute atomic E-state index is 13.4. The Morgan fingerprint density at radius 2 is 1.67 bits per heavy atom. The molecule has 2 fully saturated rings. The monoisotopic (exact) mass is 588 g/mol. The second kappa shape index (κ2) is 13.6. The summed E-state index contributed by atoms with van der Waals surface area (Å²) in [7, 11) is 0. The van der Waals surface area contributed by atoms with Gasteiger partial charge in [0.1, 0.15) is 11.5 Å². The summed E-state index contributed by atoms with van der Waals surface area (Å²) >= 11 is 0. The van der Waals surface area contributed by atoms with E-state index in [1.165, 1.54) is 4.90 Å². The summed E-state index contributed by atoms with van der Waals surface area (Å²) in [6.45, 7) is 6.13. The Hall–Kier alpha value is -4.64. The van der Waals surface area contributed by atoms with Crippen LogP contribution in [0.4, 0.5) is 9.59 Å². The highest BCUT2D eigenvalue weighted by Gasteiger charge is 2.45. The van der Waals surface area contributed by atoms with Crippen molar-refractivity contribution in [3.8, 4) is 17.4 Å². The van der Waals surface area contributed by atoms with Gasteiger partial charge >= 0.3 is 18.1 Å². The Balaban J connectivity index is 1.18. The molecule has 2 aliphatic rings. The normalized spacial score (nSPS) is 17.6. The van der Waals surface area contributed by atoms with Crippen LogP contribution in [0.5, 0.6) is 17.4 Å². The molecular formula is C32H36N4O7. The van der Waals surface area contributed by atoms with Crippen molar-refractivity contribution < 1.29 is 33.7 Å². The molecule has 0 bridgehead atoms. The first-order valence-electron chi connectivity index (χ1n) is 14.4. The molecule has 2 saturated heterocycles. The van der Waals surface area contributed by atoms with Gasteiger partial charge in [0.2, 0.25) is 5.88 Å². The highest BCUT2D eigenvalue weighted by atomic mass is 16.6. The van der Waals surface area contributed by atoms with Crippen LogP contribution in [0.15, 0.2) is 66.7 Å². The molecule has 11 heteroatoms. The zero-order valence-electron chi connectivity index (χ0n) is 24.3. The van der Waals surface area contributed by atoms with Gasteiger partial charge in [0, 0.05) is 37.4 Å². The number of hydrogen-bond donors (Lipinski definition) is 1. The topological polar surface area (TPSA) is 122 Å². The molecule has 11 nitrogen and oxygen atoms in total. The molecular weight excluding hydrogens is 552 g/mol. The maximum Gasteiger partial charge on any atom is 0.418 e. The van der Waals surface area contributed by atoms with Gasteiger partial charge in [-0.2, -0.15) is 0 Å². The minimum Gasteiger partial charge on any atom is -0.482 e. The third-order valence-electron chi connectivity index (χ3n) is 7.74. The van der Waals surface area contributed by atoms with E-state index in [9.17, 15) is 14.4 Å². The lowest BCUT2D eigenvalue weighted by molar-refractivity contribution is -0.139.